The third-order valence-electron chi connectivity index (χ3n) is 3.69. The Morgan fingerprint density at radius 3 is 2.94 bits per heavy atom. The molecule has 2 aromatic rings. The maximum absolute atomic E-state index is 4.35. The summed E-state index contributed by atoms with van der Waals surface area (Å²) in [5.74, 6) is 0.939. The predicted molar refractivity (Wildman–Crippen MR) is 70.4 cm³/mol. The topological polar surface area (TPSA) is 50.7 Å². The minimum absolute atomic E-state index is 0.453. The van der Waals surface area contributed by atoms with Crippen LogP contribution in [-0.4, -0.2) is 20.9 Å². The van der Waals surface area contributed by atoms with Gasteiger partial charge in [0.15, 0.2) is 0 Å². The zero-order chi connectivity index (χ0) is 11.9. The van der Waals surface area contributed by atoms with Crippen LogP contribution in [0.3, 0.4) is 0 Å². The van der Waals surface area contributed by atoms with Crippen LogP contribution in [0.15, 0.2) is 6.33 Å². The summed E-state index contributed by atoms with van der Waals surface area (Å²) >= 11 is 1.44. The summed E-state index contributed by atoms with van der Waals surface area (Å²) in [5, 5.41) is 4.56. The number of hydrogen-bond donors (Lipinski definition) is 1. The van der Waals surface area contributed by atoms with E-state index in [1.54, 1.807) is 6.33 Å². The van der Waals surface area contributed by atoms with E-state index in [-0.39, 0.29) is 0 Å². The average molecular weight is 248 g/mol. The molecule has 4 nitrogen and oxygen atoms in total. The largest absolute Gasteiger partial charge is 0.369 e. The lowest BCUT2D eigenvalue weighted by Gasteiger charge is -2.38. The highest BCUT2D eigenvalue weighted by Crippen LogP contribution is 2.40. The number of aryl methyl sites for hydroxylation is 1. The van der Waals surface area contributed by atoms with Crippen molar-refractivity contribution in [1.29, 1.82) is 0 Å². The van der Waals surface area contributed by atoms with Crippen LogP contribution in [0.4, 0.5) is 5.82 Å². The van der Waals surface area contributed by atoms with Gasteiger partial charge in [0.05, 0.1) is 11.1 Å². The fourth-order valence-corrected chi connectivity index (χ4v) is 3.05. The van der Waals surface area contributed by atoms with Gasteiger partial charge in [-0.25, -0.2) is 9.97 Å². The zero-order valence-corrected chi connectivity index (χ0v) is 11.0. The number of hydrogen-bond acceptors (Lipinski definition) is 5. The molecule has 1 N–H and O–H groups in total. The molecule has 3 rings (SSSR count). The van der Waals surface area contributed by atoms with Gasteiger partial charge in [0.2, 0.25) is 0 Å². The smallest absolute Gasteiger partial charge is 0.149 e. The lowest BCUT2D eigenvalue weighted by Crippen LogP contribution is -2.33. The standard InChI is InChI=1S/C12H16N4S/c1-8-9-10(13-6-12(2)4-3-5-12)14-7-15-11(9)17-16-8/h7H,3-6H2,1-2H3,(H,13,14,15). The number of aromatic nitrogens is 3. The van der Waals surface area contributed by atoms with Crippen molar-refractivity contribution in [2.75, 3.05) is 11.9 Å². The Kier molecular flexibility index (Phi) is 2.50. The van der Waals surface area contributed by atoms with Crippen molar-refractivity contribution in [2.24, 2.45) is 5.41 Å². The maximum atomic E-state index is 4.35. The fourth-order valence-electron chi connectivity index (χ4n) is 2.31. The summed E-state index contributed by atoms with van der Waals surface area (Å²) < 4.78 is 4.33. The number of fused-ring (bicyclic) bond motifs is 1. The summed E-state index contributed by atoms with van der Waals surface area (Å²) in [6.45, 7) is 5.34. The second-order valence-corrected chi connectivity index (χ2v) is 5.94. The molecule has 1 saturated carbocycles. The summed E-state index contributed by atoms with van der Waals surface area (Å²) in [7, 11) is 0. The van der Waals surface area contributed by atoms with Gasteiger partial charge in [-0.15, -0.1) is 0 Å². The zero-order valence-electron chi connectivity index (χ0n) is 10.2. The molecule has 0 unspecified atom stereocenters. The highest BCUT2D eigenvalue weighted by Gasteiger charge is 2.31. The van der Waals surface area contributed by atoms with Crippen LogP contribution < -0.4 is 5.32 Å². The first-order chi connectivity index (χ1) is 8.18. The third kappa shape index (κ3) is 1.88. The molecular formula is C12H16N4S. The Hall–Kier alpha value is -1.23. The predicted octanol–water partition coefficient (Wildman–Crippen LogP) is 3.00. The SMILES string of the molecule is Cc1nsc2ncnc(NCC3(C)CCC3)c12. The minimum Gasteiger partial charge on any atom is -0.369 e. The Morgan fingerprint density at radius 2 is 2.24 bits per heavy atom. The molecule has 0 atom stereocenters. The average Bonchev–Trinajstić information content (AvgIpc) is 2.67. The Balaban J connectivity index is 1.87. The van der Waals surface area contributed by atoms with Crippen molar-refractivity contribution in [1.82, 2.24) is 14.3 Å². The molecule has 2 heterocycles. The van der Waals surface area contributed by atoms with Crippen molar-refractivity contribution in [3.63, 3.8) is 0 Å². The molecule has 0 radical (unpaired) electrons. The summed E-state index contributed by atoms with van der Waals surface area (Å²) in [5.41, 5.74) is 1.47. The van der Waals surface area contributed by atoms with E-state index >= 15 is 0 Å². The van der Waals surface area contributed by atoms with Gasteiger partial charge < -0.3 is 5.32 Å². The lowest BCUT2D eigenvalue weighted by molar-refractivity contribution is 0.180. The van der Waals surface area contributed by atoms with Crippen molar-refractivity contribution >= 4 is 27.6 Å². The molecular weight excluding hydrogens is 232 g/mol. The summed E-state index contributed by atoms with van der Waals surface area (Å²) in [6.07, 6.45) is 5.60. The van der Waals surface area contributed by atoms with E-state index in [4.69, 9.17) is 0 Å². The first-order valence-electron chi connectivity index (χ1n) is 5.99. The molecule has 1 fully saturated rings. The number of anilines is 1. The molecule has 1 aliphatic carbocycles. The number of nitrogens with zero attached hydrogens (tertiary/aromatic N) is 3. The first-order valence-corrected chi connectivity index (χ1v) is 6.76. The molecule has 17 heavy (non-hydrogen) atoms. The second kappa shape index (κ2) is 3.91. The summed E-state index contributed by atoms with van der Waals surface area (Å²) in [4.78, 5) is 9.56. The van der Waals surface area contributed by atoms with Crippen LogP contribution in [0.2, 0.25) is 0 Å². The molecule has 2 aromatic heterocycles. The Morgan fingerprint density at radius 1 is 1.41 bits per heavy atom. The lowest BCUT2D eigenvalue weighted by atomic mass is 9.70. The van der Waals surface area contributed by atoms with E-state index in [0.29, 0.717) is 5.41 Å². The molecule has 90 valence electrons. The molecule has 0 saturated heterocycles. The van der Waals surface area contributed by atoms with Gasteiger partial charge in [-0.2, -0.15) is 4.37 Å². The molecule has 0 aliphatic heterocycles. The molecule has 0 spiro atoms. The van der Waals surface area contributed by atoms with E-state index in [1.807, 2.05) is 6.92 Å². The summed E-state index contributed by atoms with van der Waals surface area (Å²) in [6, 6.07) is 0. The second-order valence-electron chi connectivity index (χ2n) is 5.19. The van der Waals surface area contributed by atoms with E-state index in [2.05, 4.69) is 26.6 Å². The molecule has 5 heteroatoms. The molecule has 0 aromatic carbocycles. The molecule has 0 bridgehead atoms. The van der Waals surface area contributed by atoms with Gasteiger partial charge in [0, 0.05) is 6.54 Å². The normalized spacial score (nSPS) is 18.0. The third-order valence-corrected chi connectivity index (χ3v) is 4.53. The van der Waals surface area contributed by atoms with E-state index in [1.165, 1.54) is 30.8 Å². The van der Waals surface area contributed by atoms with Crippen molar-refractivity contribution < 1.29 is 0 Å². The highest BCUT2D eigenvalue weighted by molar-refractivity contribution is 7.13. The number of nitrogens with one attached hydrogen (secondary N) is 1. The highest BCUT2D eigenvalue weighted by atomic mass is 32.1. The van der Waals surface area contributed by atoms with E-state index < -0.39 is 0 Å². The monoisotopic (exact) mass is 248 g/mol. The van der Waals surface area contributed by atoms with Crippen LogP contribution in [0.25, 0.3) is 10.2 Å². The number of rotatable bonds is 3. The van der Waals surface area contributed by atoms with E-state index in [0.717, 1.165) is 28.3 Å². The Labute approximate surface area is 105 Å². The maximum Gasteiger partial charge on any atom is 0.149 e. The first kappa shape index (κ1) is 10.9. The minimum atomic E-state index is 0.453. The van der Waals surface area contributed by atoms with Crippen LogP contribution in [0.1, 0.15) is 31.9 Å². The fraction of sp³-hybridized carbons (Fsp3) is 0.583. The van der Waals surface area contributed by atoms with Crippen molar-refractivity contribution in [3.05, 3.63) is 12.0 Å². The van der Waals surface area contributed by atoms with Crippen molar-refractivity contribution in [2.45, 2.75) is 33.1 Å². The van der Waals surface area contributed by atoms with Gasteiger partial charge in [0.25, 0.3) is 0 Å². The molecule has 0 amide bonds. The van der Waals surface area contributed by atoms with Gasteiger partial charge >= 0.3 is 0 Å². The van der Waals surface area contributed by atoms with Gasteiger partial charge in [-0.3, -0.25) is 0 Å². The van der Waals surface area contributed by atoms with Gasteiger partial charge in [-0.1, -0.05) is 13.3 Å². The van der Waals surface area contributed by atoms with Gasteiger partial charge in [-0.05, 0) is 36.7 Å². The van der Waals surface area contributed by atoms with Gasteiger partial charge in [0.1, 0.15) is 17.0 Å². The molecule has 1 aliphatic rings. The van der Waals surface area contributed by atoms with E-state index in [9.17, 15) is 0 Å². The van der Waals surface area contributed by atoms with Crippen LogP contribution >= 0.6 is 11.5 Å². The van der Waals surface area contributed by atoms with Crippen LogP contribution in [-0.2, 0) is 0 Å². The van der Waals surface area contributed by atoms with Crippen molar-refractivity contribution in [3.8, 4) is 0 Å². The Bertz CT molecular complexity index is 544. The quantitative estimate of drug-likeness (QED) is 0.907. The van der Waals surface area contributed by atoms with Crippen LogP contribution in [0.5, 0.6) is 0 Å². The van der Waals surface area contributed by atoms with Crippen LogP contribution in [0, 0.1) is 12.3 Å².